The van der Waals surface area contributed by atoms with Crippen molar-refractivity contribution in [2.45, 2.75) is 37.6 Å². The van der Waals surface area contributed by atoms with Crippen LogP contribution in [0.4, 0.5) is 0 Å². The number of nitrogens with zero attached hydrogens (tertiary/aromatic N) is 1. The smallest absolute Gasteiger partial charge is 0.223 e. The van der Waals surface area contributed by atoms with Crippen LogP contribution in [-0.2, 0) is 4.79 Å². The zero-order valence-corrected chi connectivity index (χ0v) is 15.0. The normalized spacial score (nSPS) is 21.3. The molecule has 0 radical (unpaired) electrons. The Hall–Kier alpha value is -0.520. The highest BCUT2D eigenvalue weighted by Gasteiger charge is 2.34. The number of benzene rings is 1. The van der Waals surface area contributed by atoms with Crippen molar-refractivity contribution in [1.82, 2.24) is 4.90 Å². The fourth-order valence-corrected chi connectivity index (χ4v) is 4.06. The highest BCUT2D eigenvalue weighted by atomic mass is 79.9. The van der Waals surface area contributed by atoms with E-state index in [0.29, 0.717) is 6.42 Å². The number of amides is 1. The summed E-state index contributed by atoms with van der Waals surface area (Å²) in [5.41, 5.74) is 6.14. The second-order valence-corrected chi connectivity index (χ2v) is 8.22. The molecule has 1 unspecified atom stereocenters. The third kappa shape index (κ3) is 4.47. The molecule has 116 valence electrons. The van der Waals surface area contributed by atoms with Crippen LogP contribution in [-0.4, -0.2) is 35.7 Å². The van der Waals surface area contributed by atoms with Crippen LogP contribution in [0.5, 0.6) is 0 Å². The Kier molecular flexibility index (Phi) is 5.74. The van der Waals surface area contributed by atoms with Crippen LogP contribution in [0.3, 0.4) is 0 Å². The van der Waals surface area contributed by atoms with E-state index in [9.17, 15) is 4.79 Å². The maximum Gasteiger partial charge on any atom is 0.223 e. The summed E-state index contributed by atoms with van der Waals surface area (Å²) in [6.45, 7) is 5.86. The lowest BCUT2D eigenvalue weighted by atomic mass is 9.79. The van der Waals surface area contributed by atoms with Crippen LogP contribution in [0, 0.1) is 5.41 Å². The Morgan fingerprint density at radius 1 is 1.48 bits per heavy atom. The molecule has 0 spiro atoms. The summed E-state index contributed by atoms with van der Waals surface area (Å²) in [5, 5.41) is 0. The Morgan fingerprint density at radius 2 is 2.19 bits per heavy atom. The minimum Gasteiger partial charge on any atom is -0.342 e. The number of hydrogen-bond acceptors (Lipinski definition) is 3. The third-order valence-corrected chi connectivity index (χ3v) is 6.10. The predicted molar refractivity (Wildman–Crippen MR) is 92.4 cm³/mol. The van der Waals surface area contributed by atoms with Gasteiger partial charge in [0.2, 0.25) is 5.91 Å². The molecule has 1 atom stereocenters. The molecule has 1 saturated heterocycles. The molecule has 1 aliphatic rings. The second-order valence-electron chi connectivity index (χ2n) is 6.23. The number of carbonyl (C=O) groups excluding carboxylic acids is 1. The zero-order chi connectivity index (χ0) is 15.5. The molecule has 3 nitrogen and oxygen atoms in total. The molecule has 1 aromatic carbocycles. The largest absolute Gasteiger partial charge is 0.342 e. The third-order valence-electron chi connectivity index (χ3n) is 4.08. The second kappa shape index (κ2) is 7.16. The Labute approximate surface area is 139 Å². The van der Waals surface area contributed by atoms with Gasteiger partial charge in [-0.1, -0.05) is 26.0 Å². The predicted octanol–water partition coefficient (Wildman–Crippen LogP) is 3.52. The van der Waals surface area contributed by atoms with Gasteiger partial charge in [-0.2, -0.15) is 0 Å². The number of hydrogen-bond donors (Lipinski definition) is 1. The van der Waals surface area contributed by atoms with E-state index in [-0.39, 0.29) is 17.4 Å². The molecule has 1 aliphatic heterocycles. The van der Waals surface area contributed by atoms with Gasteiger partial charge in [-0.15, -0.1) is 11.8 Å². The van der Waals surface area contributed by atoms with E-state index >= 15 is 0 Å². The van der Waals surface area contributed by atoms with Crippen LogP contribution in [0.15, 0.2) is 33.6 Å². The van der Waals surface area contributed by atoms with Gasteiger partial charge >= 0.3 is 0 Å². The van der Waals surface area contributed by atoms with Crippen molar-refractivity contribution in [3.8, 4) is 0 Å². The highest BCUT2D eigenvalue weighted by Crippen LogP contribution is 2.30. The quantitative estimate of drug-likeness (QED) is 0.824. The lowest BCUT2D eigenvalue weighted by Gasteiger charge is -2.42. The SMILES string of the molecule is CC1(C)CN(C(=O)CCSc2ccccc2Br)CCC1N. The standard InChI is InChI=1S/C16H23BrN2OS/c1-16(2)11-19(9-7-14(16)18)15(20)8-10-21-13-6-4-3-5-12(13)17/h3-6,14H,7-11,18H2,1-2H3. The van der Waals surface area contributed by atoms with Gasteiger partial charge in [-0.05, 0) is 39.9 Å². The summed E-state index contributed by atoms with van der Waals surface area (Å²) in [4.78, 5) is 15.5. The van der Waals surface area contributed by atoms with Crippen LogP contribution < -0.4 is 5.73 Å². The van der Waals surface area contributed by atoms with Gasteiger partial charge in [0.15, 0.2) is 0 Å². The van der Waals surface area contributed by atoms with Gasteiger partial charge < -0.3 is 10.6 Å². The lowest BCUT2D eigenvalue weighted by molar-refractivity contribution is -0.134. The molecular formula is C16H23BrN2OS. The molecule has 1 amide bonds. The van der Waals surface area contributed by atoms with E-state index in [2.05, 4.69) is 35.8 Å². The average Bonchev–Trinajstić information content (AvgIpc) is 2.43. The number of thioether (sulfide) groups is 1. The number of nitrogens with two attached hydrogens (primary N) is 1. The fourth-order valence-electron chi connectivity index (χ4n) is 2.55. The summed E-state index contributed by atoms with van der Waals surface area (Å²) in [6, 6.07) is 8.30. The van der Waals surface area contributed by atoms with E-state index in [1.165, 1.54) is 4.90 Å². The van der Waals surface area contributed by atoms with Crippen molar-refractivity contribution in [2.24, 2.45) is 11.1 Å². The number of carbonyl (C=O) groups is 1. The van der Waals surface area contributed by atoms with Crippen LogP contribution in [0.25, 0.3) is 0 Å². The molecule has 1 heterocycles. The van der Waals surface area contributed by atoms with Gasteiger partial charge in [0.25, 0.3) is 0 Å². The number of piperidine rings is 1. The fraction of sp³-hybridized carbons (Fsp3) is 0.562. The van der Waals surface area contributed by atoms with E-state index in [1.54, 1.807) is 11.8 Å². The molecular weight excluding hydrogens is 348 g/mol. The van der Waals surface area contributed by atoms with Crippen molar-refractivity contribution < 1.29 is 4.79 Å². The maximum absolute atomic E-state index is 12.3. The van der Waals surface area contributed by atoms with Gasteiger partial charge in [-0.25, -0.2) is 0 Å². The number of rotatable bonds is 4. The first-order valence-corrected chi connectivity index (χ1v) is 9.09. The van der Waals surface area contributed by atoms with Crippen molar-refractivity contribution in [2.75, 3.05) is 18.8 Å². The van der Waals surface area contributed by atoms with Crippen LogP contribution in [0.2, 0.25) is 0 Å². The molecule has 5 heteroatoms. The maximum atomic E-state index is 12.3. The van der Waals surface area contributed by atoms with Crippen LogP contribution in [0.1, 0.15) is 26.7 Å². The van der Waals surface area contributed by atoms with Crippen LogP contribution >= 0.6 is 27.7 Å². The zero-order valence-electron chi connectivity index (χ0n) is 12.6. The molecule has 2 rings (SSSR count). The Bertz CT molecular complexity index is 507. The van der Waals surface area contributed by atoms with Crippen molar-refractivity contribution in [3.63, 3.8) is 0 Å². The summed E-state index contributed by atoms with van der Waals surface area (Å²) >= 11 is 5.25. The van der Waals surface area contributed by atoms with Gasteiger partial charge in [0.05, 0.1) is 0 Å². The van der Waals surface area contributed by atoms with E-state index in [1.807, 2.05) is 23.1 Å². The Morgan fingerprint density at radius 3 is 2.86 bits per heavy atom. The van der Waals surface area contributed by atoms with Gasteiger partial charge in [0.1, 0.15) is 0 Å². The monoisotopic (exact) mass is 370 g/mol. The van der Waals surface area contributed by atoms with Gasteiger partial charge in [0, 0.05) is 40.7 Å². The molecule has 21 heavy (non-hydrogen) atoms. The molecule has 1 aromatic rings. The number of halogens is 1. The van der Waals surface area contributed by atoms with E-state index < -0.39 is 0 Å². The minimum atomic E-state index is 0.0174. The number of likely N-dealkylation sites (tertiary alicyclic amines) is 1. The first kappa shape index (κ1) is 16.8. The van der Waals surface area contributed by atoms with E-state index in [4.69, 9.17) is 5.73 Å². The topological polar surface area (TPSA) is 46.3 Å². The molecule has 1 fully saturated rings. The van der Waals surface area contributed by atoms with Crippen molar-refractivity contribution in [3.05, 3.63) is 28.7 Å². The minimum absolute atomic E-state index is 0.0174. The summed E-state index contributed by atoms with van der Waals surface area (Å²) < 4.78 is 1.09. The molecule has 0 saturated carbocycles. The molecule has 0 aromatic heterocycles. The van der Waals surface area contributed by atoms with Gasteiger partial charge in [-0.3, -0.25) is 4.79 Å². The molecule has 0 bridgehead atoms. The van der Waals surface area contributed by atoms with Crippen molar-refractivity contribution in [1.29, 1.82) is 0 Å². The highest BCUT2D eigenvalue weighted by molar-refractivity contribution is 9.10. The first-order chi connectivity index (χ1) is 9.90. The average molecular weight is 371 g/mol. The molecule has 0 aliphatic carbocycles. The summed E-state index contributed by atoms with van der Waals surface area (Å²) in [7, 11) is 0. The first-order valence-electron chi connectivity index (χ1n) is 7.31. The summed E-state index contributed by atoms with van der Waals surface area (Å²) in [5.74, 6) is 1.05. The Balaban J connectivity index is 1.81. The summed E-state index contributed by atoms with van der Waals surface area (Å²) in [6.07, 6.45) is 1.48. The van der Waals surface area contributed by atoms with Crippen molar-refractivity contribution >= 4 is 33.6 Å². The van der Waals surface area contributed by atoms with E-state index in [0.717, 1.165) is 29.7 Å². The molecule has 2 N–H and O–H groups in total. The lowest BCUT2D eigenvalue weighted by Crippen LogP contribution is -2.54.